The van der Waals surface area contributed by atoms with Gasteiger partial charge in [0.1, 0.15) is 22.8 Å². The van der Waals surface area contributed by atoms with E-state index in [1.165, 1.54) is 30.3 Å². The number of hydrogen-bond donors (Lipinski definition) is 0. The quantitative estimate of drug-likeness (QED) is 0.439. The van der Waals surface area contributed by atoms with Gasteiger partial charge in [-0.25, -0.2) is 4.39 Å². The largest absolute Gasteiger partial charge is 0.368 e. The smallest absolute Gasteiger partial charge is 0.269 e. The Morgan fingerprint density at radius 3 is 2.45 bits per heavy atom. The summed E-state index contributed by atoms with van der Waals surface area (Å²) >= 11 is 6.16. The second-order valence-corrected chi connectivity index (χ2v) is 7.52. The first-order valence-electron chi connectivity index (χ1n) is 9.56. The minimum Gasteiger partial charge on any atom is -0.368 e. The van der Waals surface area contributed by atoms with Gasteiger partial charge >= 0.3 is 0 Å². The summed E-state index contributed by atoms with van der Waals surface area (Å²) in [5, 5.41) is 14.9. The number of halogens is 2. The Labute approximate surface area is 181 Å². The third-order valence-corrected chi connectivity index (χ3v) is 5.58. The van der Waals surface area contributed by atoms with Crippen LogP contribution < -0.4 is 4.90 Å². The molecule has 2 aromatic carbocycles. The summed E-state index contributed by atoms with van der Waals surface area (Å²) in [6.07, 6.45) is 0. The van der Waals surface area contributed by atoms with E-state index in [4.69, 9.17) is 16.1 Å². The number of carbonyl (C=O) groups is 1. The number of amides is 1. The number of nitro groups is 1. The molecule has 4 rings (SSSR count). The van der Waals surface area contributed by atoms with Crippen molar-refractivity contribution in [1.29, 1.82) is 0 Å². The van der Waals surface area contributed by atoms with E-state index in [0.29, 0.717) is 26.2 Å². The Morgan fingerprint density at radius 1 is 1.16 bits per heavy atom. The summed E-state index contributed by atoms with van der Waals surface area (Å²) in [5.41, 5.74) is 1.19. The number of anilines is 1. The second kappa shape index (κ2) is 8.35. The summed E-state index contributed by atoms with van der Waals surface area (Å²) in [6, 6.07) is 10.6. The number of non-ortho nitro benzene ring substituents is 1. The minimum atomic E-state index is -0.585. The predicted octanol–water partition coefficient (Wildman–Crippen LogP) is 4.31. The fourth-order valence-electron chi connectivity index (χ4n) is 3.63. The van der Waals surface area contributed by atoms with Gasteiger partial charge in [-0.1, -0.05) is 22.8 Å². The fraction of sp³-hybridized carbons (Fsp3) is 0.238. The van der Waals surface area contributed by atoms with Crippen molar-refractivity contribution in [3.63, 3.8) is 0 Å². The van der Waals surface area contributed by atoms with E-state index >= 15 is 0 Å². The van der Waals surface area contributed by atoms with E-state index in [-0.39, 0.29) is 39.2 Å². The standard InChI is InChI=1S/C21H18ClFN4O4/c1-13-18(20(24-31-13)19-16(22)3-2-4-17(19)23)21(28)26-11-9-25(10-12-26)14-5-7-15(8-6-14)27(29)30/h2-8H,9-12H2,1H3. The second-order valence-electron chi connectivity index (χ2n) is 7.11. The highest BCUT2D eigenvalue weighted by Crippen LogP contribution is 2.34. The molecular weight excluding hydrogens is 427 g/mol. The zero-order chi connectivity index (χ0) is 22.1. The molecule has 0 aliphatic carbocycles. The molecule has 1 amide bonds. The lowest BCUT2D eigenvalue weighted by atomic mass is 10.0. The molecule has 2 heterocycles. The lowest BCUT2D eigenvalue weighted by Gasteiger charge is -2.36. The molecule has 0 N–H and O–H groups in total. The number of nitro benzene ring substituents is 1. The molecule has 0 spiro atoms. The Bertz CT molecular complexity index is 1120. The molecule has 1 saturated heterocycles. The highest BCUT2D eigenvalue weighted by molar-refractivity contribution is 6.33. The average molecular weight is 445 g/mol. The van der Waals surface area contributed by atoms with Crippen LogP contribution >= 0.6 is 11.6 Å². The van der Waals surface area contributed by atoms with Gasteiger partial charge in [0.05, 0.1) is 15.5 Å². The lowest BCUT2D eigenvalue weighted by Crippen LogP contribution is -2.49. The summed E-state index contributed by atoms with van der Waals surface area (Å²) in [4.78, 5) is 27.3. The van der Waals surface area contributed by atoms with Crippen LogP contribution in [-0.4, -0.2) is 47.1 Å². The molecule has 10 heteroatoms. The molecular formula is C21H18ClFN4O4. The number of aryl methyl sites for hydroxylation is 1. The van der Waals surface area contributed by atoms with Crippen molar-refractivity contribution >= 4 is 28.9 Å². The van der Waals surface area contributed by atoms with Crippen LogP contribution in [0.5, 0.6) is 0 Å². The Morgan fingerprint density at radius 2 is 1.84 bits per heavy atom. The van der Waals surface area contributed by atoms with Crippen molar-refractivity contribution in [2.24, 2.45) is 0 Å². The predicted molar refractivity (Wildman–Crippen MR) is 113 cm³/mol. The Hall–Kier alpha value is -3.46. The number of benzene rings is 2. The number of piperazine rings is 1. The van der Waals surface area contributed by atoms with Crippen LogP contribution in [0.3, 0.4) is 0 Å². The highest BCUT2D eigenvalue weighted by atomic mass is 35.5. The van der Waals surface area contributed by atoms with Crippen molar-refractivity contribution in [3.8, 4) is 11.3 Å². The first-order valence-corrected chi connectivity index (χ1v) is 9.94. The van der Waals surface area contributed by atoms with Crippen LogP contribution in [0.2, 0.25) is 5.02 Å². The van der Waals surface area contributed by atoms with Gasteiger partial charge in [0.25, 0.3) is 11.6 Å². The molecule has 1 aromatic heterocycles. The van der Waals surface area contributed by atoms with Crippen LogP contribution in [0.25, 0.3) is 11.3 Å². The molecule has 1 aliphatic heterocycles. The van der Waals surface area contributed by atoms with E-state index in [2.05, 4.69) is 5.16 Å². The normalized spacial score (nSPS) is 14.0. The molecule has 1 aliphatic rings. The van der Waals surface area contributed by atoms with Gasteiger partial charge < -0.3 is 14.3 Å². The van der Waals surface area contributed by atoms with Crippen molar-refractivity contribution in [3.05, 3.63) is 74.7 Å². The topological polar surface area (TPSA) is 92.7 Å². The maximum absolute atomic E-state index is 14.4. The zero-order valence-electron chi connectivity index (χ0n) is 16.5. The molecule has 160 valence electrons. The Balaban J connectivity index is 1.52. The van der Waals surface area contributed by atoms with E-state index in [0.717, 1.165) is 5.69 Å². The molecule has 1 fully saturated rings. The van der Waals surface area contributed by atoms with Gasteiger partial charge in [-0.05, 0) is 31.2 Å². The molecule has 0 unspecified atom stereocenters. The maximum Gasteiger partial charge on any atom is 0.269 e. The molecule has 0 atom stereocenters. The molecule has 0 saturated carbocycles. The molecule has 31 heavy (non-hydrogen) atoms. The van der Waals surface area contributed by atoms with Crippen LogP contribution in [0.15, 0.2) is 47.0 Å². The average Bonchev–Trinajstić information content (AvgIpc) is 3.14. The summed E-state index contributed by atoms with van der Waals surface area (Å²) < 4.78 is 19.6. The maximum atomic E-state index is 14.4. The van der Waals surface area contributed by atoms with Crippen molar-refractivity contribution < 1.29 is 18.6 Å². The van der Waals surface area contributed by atoms with Crippen LogP contribution in [0, 0.1) is 22.9 Å². The number of nitrogens with zero attached hydrogens (tertiary/aromatic N) is 4. The number of hydrogen-bond acceptors (Lipinski definition) is 6. The van der Waals surface area contributed by atoms with E-state index in [1.54, 1.807) is 24.0 Å². The van der Waals surface area contributed by atoms with Gasteiger partial charge in [0.2, 0.25) is 0 Å². The third kappa shape index (κ3) is 3.96. The first-order chi connectivity index (χ1) is 14.9. The van der Waals surface area contributed by atoms with Crippen LogP contribution in [0.4, 0.5) is 15.8 Å². The summed E-state index contributed by atoms with van der Waals surface area (Å²) in [6.45, 7) is 3.54. The summed E-state index contributed by atoms with van der Waals surface area (Å²) in [5.74, 6) is -0.605. The third-order valence-electron chi connectivity index (χ3n) is 5.27. The van der Waals surface area contributed by atoms with Gasteiger partial charge in [-0.2, -0.15) is 0 Å². The number of carbonyl (C=O) groups excluding carboxylic acids is 1. The zero-order valence-corrected chi connectivity index (χ0v) is 17.3. The van der Waals surface area contributed by atoms with Gasteiger partial charge in [0.15, 0.2) is 0 Å². The highest BCUT2D eigenvalue weighted by Gasteiger charge is 2.30. The monoisotopic (exact) mass is 444 g/mol. The lowest BCUT2D eigenvalue weighted by molar-refractivity contribution is -0.384. The van der Waals surface area contributed by atoms with Crippen LogP contribution in [0.1, 0.15) is 16.1 Å². The van der Waals surface area contributed by atoms with Gasteiger partial charge in [0, 0.05) is 44.0 Å². The fourth-order valence-corrected chi connectivity index (χ4v) is 3.88. The van der Waals surface area contributed by atoms with Gasteiger partial charge in [-0.3, -0.25) is 14.9 Å². The molecule has 0 radical (unpaired) electrons. The van der Waals surface area contributed by atoms with Gasteiger partial charge in [-0.15, -0.1) is 0 Å². The van der Waals surface area contributed by atoms with Crippen LogP contribution in [-0.2, 0) is 0 Å². The van der Waals surface area contributed by atoms with E-state index in [1.807, 2.05) is 4.90 Å². The van der Waals surface area contributed by atoms with E-state index < -0.39 is 10.7 Å². The Kier molecular flexibility index (Phi) is 5.60. The number of rotatable bonds is 4. The minimum absolute atomic E-state index is 0.0276. The molecule has 8 nitrogen and oxygen atoms in total. The van der Waals surface area contributed by atoms with E-state index in [9.17, 15) is 19.3 Å². The van der Waals surface area contributed by atoms with Crippen molar-refractivity contribution in [1.82, 2.24) is 10.1 Å². The molecule has 0 bridgehead atoms. The summed E-state index contributed by atoms with van der Waals surface area (Å²) in [7, 11) is 0. The first kappa shape index (κ1) is 20.8. The van der Waals surface area contributed by atoms with Crippen molar-refractivity contribution in [2.45, 2.75) is 6.92 Å². The van der Waals surface area contributed by atoms with Crippen molar-refractivity contribution in [2.75, 3.05) is 31.1 Å². The SMILES string of the molecule is Cc1onc(-c2c(F)cccc2Cl)c1C(=O)N1CCN(c2ccc([N+](=O)[O-])cc2)CC1. The molecule has 3 aromatic rings. The number of aromatic nitrogens is 1.